The van der Waals surface area contributed by atoms with Crippen LogP contribution in [0.5, 0.6) is 0 Å². The zero-order chi connectivity index (χ0) is 20.6. The van der Waals surface area contributed by atoms with E-state index in [0.29, 0.717) is 25.0 Å². The molecule has 0 aromatic heterocycles. The number of likely N-dealkylation sites (tertiary alicyclic amines) is 1. The summed E-state index contributed by atoms with van der Waals surface area (Å²) in [5.41, 5.74) is -3.73. The minimum absolute atomic E-state index is 0.0151. The van der Waals surface area contributed by atoms with Crippen molar-refractivity contribution in [3.63, 3.8) is 0 Å². The SMILES string of the molecule is CN(C)C(=O)C1CCN(C(=O)c2cc(C(F)(F)F)cc(C(F)(F)F)c2)CC1. The summed E-state index contributed by atoms with van der Waals surface area (Å²) in [7, 11) is 3.17. The molecule has 2 rings (SSSR count). The maximum Gasteiger partial charge on any atom is 0.416 e. The van der Waals surface area contributed by atoms with Crippen molar-refractivity contribution in [2.24, 2.45) is 5.92 Å². The van der Waals surface area contributed by atoms with Gasteiger partial charge in [-0.25, -0.2) is 0 Å². The van der Waals surface area contributed by atoms with Gasteiger partial charge in [0.2, 0.25) is 5.91 Å². The average Bonchev–Trinajstić information content (AvgIpc) is 2.58. The van der Waals surface area contributed by atoms with Crippen LogP contribution in [-0.2, 0) is 17.1 Å². The number of hydrogen-bond donors (Lipinski definition) is 0. The average molecular weight is 396 g/mol. The highest BCUT2D eigenvalue weighted by atomic mass is 19.4. The summed E-state index contributed by atoms with van der Waals surface area (Å²) in [5, 5.41) is 0. The number of carbonyl (C=O) groups is 2. The van der Waals surface area contributed by atoms with Crippen LogP contribution in [0, 0.1) is 5.92 Å². The van der Waals surface area contributed by atoms with Gasteiger partial charge in [0, 0.05) is 38.7 Å². The van der Waals surface area contributed by atoms with Gasteiger partial charge in [0.25, 0.3) is 5.91 Å². The van der Waals surface area contributed by atoms with E-state index in [1.165, 1.54) is 9.80 Å². The Morgan fingerprint density at radius 1 is 0.926 bits per heavy atom. The number of alkyl halides is 6. The van der Waals surface area contributed by atoms with Crippen molar-refractivity contribution in [3.8, 4) is 0 Å². The van der Waals surface area contributed by atoms with Gasteiger partial charge in [-0.05, 0) is 31.0 Å². The van der Waals surface area contributed by atoms with Crippen LogP contribution in [0.25, 0.3) is 0 Å². The molecule has 0 unspecified atom stereocenters. The van der Waals surface area contributed by atoms with Gasteiger partial charge in [0.15, 0.2) is 0 Å². The molecule has 1 fully saturated rings. The Morgan fingerprint density at radius 3 is 1.74 bits per heavy atom. The van der Waals surface area contributed by atoms with E-state index in [9.17, 15) is 35.9 Å². The Kier molecular flexibility index (Phi) is 5.77. The van der Waals surface area contributed by atoms with Crippen LogP contribution in [0.15, 0.2) is 18.2 Å². The van der Waals surface area contributed by atoms with Crippen LogP contribution in [-0.4, -0.2) is 48.8 Å². The molecule has 1 aromatic carbocycles. The molecule has 1 aliphatic heterocycles. The number of nitrogens with zero attached hydrogens (tertiary/aromatic N) is 2. The number of piperidine rings is 1. The Morgan fingerprint density at radius 2 is 1.37 bits per heavy atom. The van der Waals surface area contributed by atoms with E-state index in [-0.39, 0.29) is 31.0 Å². The lowest BCUT2D eigenvalue weighted by Crippen LogP contribution is -2.42. The van der Waals surface area contributed by atoms with Crippen molar-refractivity contribution >= 4 is 11.8 Å². The Bertz CT molecular complexity index is 687. The van der Waals surface area contributed by atoms with E-state index >= 15 is 0 Å². The minimum atomic E-state index is -5.01. The molecule has 0 bridgehead atoms. The number of benzene rings is 1. The first-order valence-corrected chi connectivity index (χ1v) is 8.10. The molecule has 0 spiro atoms. The monoisotopic (exact) mass is 396 g/mol. The molecule has 27 heavy (non-hydrogen) atoms. The summed E-state index contributed by atoms with van der Waals surface area (Å²) < 4.78 is 77.5. The molecule has 4 nitrogen and oxygen atoms in total. The van der Waals surface area contributed by atoms with Crippen LogP contribution in [0.3, 0.4) is 0 Å². The first kappa shape index (κ1) is 21.0. The second-order valence-electron chi connectivity index (χ2n) is 6.59. The molecular formula is C17H18F6N2O2. The molecule has 0 atom stereocenters. The van der Waals surface area contributed by atoms with Gasteiger partial charge < -0.3 is 9.80 Å². The maximum absolute atomic E-state index is 12.9. The summed E-state index contributed by atoms with van der Waals surface area (Å²) in [6.45, 7) is 0.168. The van der Waals surface area contributed by atoms with Crippen molar-refractivity contribution in [2.45, 2.75) is 25.2 Å². The normalized spacial score (nSPS) is 16.4. The Labute approximate surface area is 151 Å². The molecule has 1 heterocycles. The third-order valence-corrected chi connectivity index (χ3v) is 4.41. The zero-order valence-electron chi connectivity index (χ0n) is 14.6. The van der Waals surface area contributed by atoms with Gasteiger partial charge in [-0.2, -0.15) is 26.3 Å². The molecule has 0 radical (unpaired) electrons. The number of hydrogen-bond acceptors (Lipinski definition) is 2. The third-order valence-electron chi connectivity index (χ3n) is 4.41. The summed E-state index contributed by atoms with van der Waals surface area (Å²) in [5.74, 6) is -1.36. The van der Waals surface area contributed by atoms with Crippen molar-refractivity contribution in [1.82, 2.24) is 9.80 Å². The van der Waals surface area contributed by atoms with Gasteiger partial charge in [0.05, 0.1) is 11.1 Å². The lowest BCUT2D eigenvalue weighted by molar-refractivity contribution is -0.143. The Balaban J connectivity index is 2.25. The fourth-order valence-corrected chi connectivity index (χ4v) is 2.96. The lowest BCUT2D eigenvalue weighted by atomic mass is 9.94. The van der Waals surface area contributed by atoms with Crippen LogP contribution in [0.1, 0.15) is 34.3 Å². The van der Waals surface area contributed by atoms with Crippen molar-refractivity contribution < 1.29 is 35.9 Å². The largest absolute Gasteiger partial charge is 0.416 e. The fourth-order valence-electron chi connectivity index (χ4n) is 2.96. The number of rotatable bonds is 2. The highest BCUT2D eigenvalue weighted by Crippen LogP contribution is 2.36. The van der Waals surface area contributed by atoms with Crippen LogP contribution < -0.4 is 0 Å². The quantitative estimate of drug-likeness (QED) is 0.716. The van der Waals surface area contributed by atoms with Crippen LogP contribution in [0.2, 0.25) is 0 Å². The Hall–Kier alpha value is -2.26. The van der Waals surface area contributed by atoms with Crippen molar-refractivity contribution in [2.75, 3.05) is 27.2 Å². The van der Waals surface area contributed by atoms with E-state index in [2.05, 4.69) is 0 Å². The fraction of sp³-hybridized carbons (Fsp3) is 0.529. The molecule has 0 aliphatic carbocycles. The molecule has 0 saturated carbocycles. The van der Waals surface area contributed by atoms with Gasteiger partial charge in [0.1, 0.15) is 0 Å². The van der Waals surface area contributed by atoms with E-state index < -0.39 is 35.0 Å². The zero-order valence-corrected chi connectivity index (χ0v) is 14.6. The first-order valence-electron chi connectivity index (χ1n) is 8.10. The van der Waals surface area contributed by atoms with Crippen LogP contribution in [0.4, 0.5) is 26.3 Å². The van der Waals surface area contributed by atoms with Crippen molar-refractivity contribution in [1.29, 1.82) is 0 Å². The first-order chi connectivity index (χ1) is 12.3. The van der Waals surface area contributed by atoms with Crippen LogP contribution >= 0.6 is 0 Å². The number of halogens is 6. The highest BCUT2D eigenvalue weighted by Gasteiger charge is 2.38. The molecule has 1 saturated heterocycles. The number of amides is 2. The van der Waals surface area contributed by atoms with Crippen molar-refractivity contribution in [3.05, 3.63) is 34.9 Å². The minimum Gasteiger partial charge on any atom is -0.349 e. The smallest absolute Gasteiger partial charge is 0.349 e. The third kappa shape index (κ3) is 4.92. The summed E-state index contributed by atoms with van der Waals surface area (Å²) in [6, 6.07) is 0.835. The van der Waals surface area contributed by atoms with Gasteiger partial charge >= 0.3 is 12.4 Å². The molecular weight excluding hydrogens is 378 g/mol. The van der Waals surface area contributed by atoms with E-state index in [0.717, 1.165) is 0 Å². The topological polar surface area (TPSA) is 40.6 Å². The second kappa shape index (κ2) is 7.40. The molecule has 0 N–H and O–H groups in total. The van der Waals surface area contributed by atoms with E-state index in [4.69, 9.17) is 0 Å². The van der Waals surface area contributed by atoms with Gasteiger partial charge in [-0.3, -0.25) is 9.59 Å². The molecule has 150 valence electrons. The second-order valence-corrected chi connectivity index (χ2v) is 6.59. The predicted octanol–water partition coefficient (Wildman–Crippen LogP) is 3.66. The molecule has 1 aromatic rings. The molecule has 1 aliphatic rings. The van der Waals surface area contributed by atoms with E-state index in [1.807, 2.05) is 0 Å². The summed E-state index contributed by atoms with van der Waals surface area (Å²) in [6.07, 6.45) is -9.43. The van der Waals surface area contributed by atoms with Gasteiger partial charge in [-0.1, -0.05) is 0 Å². The van der Waals surface area contributed by atoms with E-state index in [1.54, 1.807) is 14.1 Å². The lowest BCUT2D eigenvalue weighted by Gasteiger charge is -2.32. The number of carbonyl (C=O) groups excluding carboxylic acids is 2. The summed E-state index contributed by atoms with van der Waals surface area (Å²) >= 11 is 0. The predicted molar refractivity (Wildman–Crippen MR) is 83.8 cm³/mol. The highest BCUT2D eigenvalue weighted by molar-refractivity contribution is 5.95. The maximum atomic E-state index is 12.9. The standard InChI is InChI=1S/C17H18F6N2O2/c1-24(2)14(26)10-3-5-25(6-4-10)15(27)11-7-12(16(18,19)20)9-13(8-11)17(21,22)23/h7-10H,3-6H2,1-2H3. The molecule has 2 amide bonds. The van der Waals surface area contributed by atoms with Gasteiger partial charge in [-0.15, -0.1) is 0 Å². The summed E-state index contributed by atoms with van der Waals surface area (Å²) in [4.78, 5) is 27.0. The molecule has 10 heteroatoms.